The molecule has 2 aromatic rings. The minimum absolute atomic E-state index is 0.465. The van der Waals surface area contributed by atoms with E-state index in [-0.39, 0.29) is 0 Å². The van der Waals surface area contributed by atoms with E-state index in [0.29, 0.717) is 6.04 Å². The number of para-hydroxylation sites is 1. The maximum atomic E-state index is 2.61. The maximum absolute atomic E-state index is 2.61. The predicted molar refractivity (Wildman–Crippen MR) is 101 cm³/mol. The van der Waals surface area contributed by atoms with Gasteiger partial charge in [-0.15, -0.1) is 11.8 Å². The molecule has 1 aliphatic heterocycles. The van der Waals surface area contributed by atoms with E-state index in [4.69, 9.17) is 0 Å². The second kappa shape index (κ2) is 7.89. The van der Waals surface area contributed by atoms with Crippen LogP contribution in [0, 0.1) is 0 Å². The Morgan fingerprint density at radius 1 is 1.00 bits per heavy atom. The molecule has 1 unspecified atom stereocenters. The van der Waals surface area contributed by atoms with Gasteiger partial charge in [-0.25, -0.2) is 0 Å². The number of benzene rings is 2. The Morgan fingerprint density at radius 2 is 1.70 bits per heavy atom. The smallest absolute Gasteiger partial charge is 0.0637 e. The SMILES string of the molecule is CCN(CC)CCN1c2ccccc2SCC1c1ccccc1. The first-order valence-electron chi connectivity index (χ1n) is 8.59. The lowest BCUT2D eigenvalue weighted by Gasteiger charge is -2.40. The molecule has 0 radical (unpaired) electrons. The van der Waals surface area contributed by atoms with Gasteiger partial charge in [0.25, 0.3) is 0 Å². The fraction of sp³-hybridized carbons (Fsp3) is 0.400. The lowest BCUT2D eigenvalue weighted by molar-refractivity contribution is 0.306. The molecule has 0 bridgehead atoms. The highest BCUT2D eigenvalue weighted by atomic mass is 32.2. The Hall–Kier alpha value is -1.45. The van der Waals surface area contributed by atoms with Crippen LogP contribution in [0.2, 0.25) is 0 Å². The highest BCUT2D eigenvalue weighted by Crippen LogP contribution is 2.42. The number of nitrogens with zero attached hydrogens (tertiary/aromatic N) is 2. The van der Waals surface area contributed by atoms with E-state index in [1.807, 2.05) is 11.8 Å². The topological polar surface area (TPSA) is 6.48 Å². The lowest BCUT2D eigenvalue weighted by atomic mass is 10.1. The van der Waals surface area contributed by atoms with Crippen LogP contribution < -0.4 is 4.90 Å². The van der Waals surface area contributed by atoms with E-state index in [9.17, 15) is 0 Å². The molecule has 0 fully saturated rings. The molecular weight excluding hydrogens is 300 g/mol. The van der Waals surface area contributed by atoms with Crippen molar-refractivity contribution in [1.82, 2.24) is 4.90 Å². The van der Waals surface area contributed by atoms with Gasteiger partial charge in [-0.2, -0.15) is 0 Å². The number of thioether (sulfide) groups is 1. The number of anilines is 1. The molecular formula is C20H26N2S. The van der Waals surface area contributed by atoms with Crippen molar-refractivity contribution in [3.05, 3.63) is 60.2 Å². The van der Waals surface area contributed by atoms with Gasteiger partial charge < -0.3 is 9.80 Å². The quantitative estimate of drug-likeness (QED) is 0.761. The molecule has 122 valence electrons. The van der Waals surface area contributed by atoms with Crippen molar-refractivity contribution in [3.8, 4) is 0 Å². The Labute approximate surface area is 144 Å². The molecule has 2 nitrogen and oxygen atoms in total. The predicted octanol–water partition coefficient (Wildman–Crippen LogP) is 4.68. The van der Waals surface area contributed by atoms with Crippen LogP contribution in [0.3, 0.4) is 0 Å². The minimum atomic E-state index is 0.465. The molecule has 0 spiro atoms. The van der Waals surface area contributed by atoms with E-state index in [1.54, 1.807) is 0 Å². The van der Waals surface area contributed by atoms with Crippen LogP contribution >= 0.6 is 11.8 Å². The largest absolute Gasteiger partial charge is 0.361 e. The molecule has 2 aromatic carbocycles. The van der Waals surface area contributed by atoms with Crippen molar-refractivity contribution in [2.45, 2.75) is 24.8 Å². The summed E-state index contributed by atoms with van der Waals surface area (Å²) in [6.45, 7) is 8.94. The first-order valence-corrected chi connectivity index (χ1v) is 9.57. The number of hydrogen-bond acceptors (Lipinski definition) is 3. The number of likely N-dealkylation sites (N-methyl/N-ethyl adjacent to an activating group) is 1. The summed E-state index contributed by atoms with van der Waals surface area (Å²) in [6.07, 6.45) is 0. The van der Waals surface area contributed by atoms with Crippen LogP contribution in [0.4, 0.5) is 5.69 Å². The average molecular weight is 327 g/mol. The zero-order valence-corrected chi connectivity index (χ0v) is 14.9. The van der Waals surface area contributed by atoms with Gasteiger partial charge in [0.15, 0.2) is 0 Å². The summed E-state index contributed by atoms with van der Waals surface area (Å²) in [4.78, 5) is 6.53. The van der Waals surface area contributed by atoms with Crippen LogP contribution in [-0.4, -0.2) is 36.8 Å². The van der Waals surface area contributed by atoms with Gasteiger partial charge in [-0.1, -0.05) is 56.3 Å². The van der Waals surface area contributed by atoms with E-state index >= 15 is 0 Å². The second-order valence-electron chi connectivity index (χ2n) is 5.93. The standard InChI is InChI=1S/C20H26N2S/c1-3-21(4-2)14-15-22-18-12-8-9-13-20(18)23-16-19(22)17-10-6-5-7-11-17/h5-13,19H,3-4,14-16H2,1-2H3. The van der Waals surface area contributed by atoms with Gasteiger partial charge in [0.1, 0.15) is 0 Å². The summed E-state index contributed by atoms with van der Waals surface area (Å²) in [5.41, 5.74) is 2.82. The number of rotatable bonds is 6. The van der Waals surface area contributed by atoms with Crippen LogP contribution in [0.5, 0.6) is 0 Å². The van der Waals surface area contributed by atoms with Gasteiger partial charge >= 0.3 is 0 Å². The molecule has 0 amide bonds. The lowest BCUT2D eigenvalue weighted by Crippen LogP contribution is -2.39. The number of fused-ring (bicyclic) bond motifs is 1. The van der Waals surface area contributed by atoms with E-state index < -0.39 is 0 Å². The highest BCUT2D eigenvalue weighted by Gasteiger charge is 2.27. The van der Waals surface area contributed by atoms with Crippen molar-refractivity contribution < 1.29 is 0 Å². The fourth-order valence-electron chi connectivity index (χ4n) is 3.26. The Morgan fingerprint density at radius 3 is 2.43 bits per heavy atom. The van der Waals surface area contributed by atoms with Crippen LogP contribution in [-0.2, 0) is 0 Å². The number of hydrogen-bond donors (Lipinski definition) is 0. The van der Waals surface area contributed by atoms with Crippen LogP contribution in [0.25, 0.3) is 0 Å². The normalized spacial score (nSPS) is 17.3. The molecule has 0 aliphatic carbocycles. The molecule has 23 heavy (non-hydrogen) atoms. The summed E-state index contributed by atoms with van der Waals surface area (Å²) in [5, 5.41) is 0. The molecule has 3 rings (SSSR count). The first kappa shape index (κ1) is 16.4. The van der Waals surface area contributed by atoms with E-state index in [0.717, 1.165) is 31.9 Å². The molecule has 1 heterocycles. The summed E-state index contributed by atoms with van der Waals surface area (Å²) in [5.74, 6) is 1.12. The Kier molecular flexibility index (Phi) is 5.63. The molecule has 1 aliphatic rings. The Balaban J connectivity index is 1.87. The first-order chi connectivity index (χ1) is 11.3. The zero-order valence-electron chi connectivity index (χ0n) is 14.1. The summed E-state index contributed by atoms with van der Waals surface area (Å²) in [6, 6.07) is 20.3. The van der Waals surface area contributed by atoms with Crippen LogP contribution in [0.1, 0.15) is 25.5 Å². The highest BCUT2D eigenvalue weighted by molar-refractivity contribution is 7.99. The van der Waals surface area contributed by atoms with E-state index in [2.05, 4.69) is 78.2 Å². The van der Waals surface area contributed by atoms with E-state index in [1.165, 1.54) is 16.1 Å². The van der Waals surface area contributed by atoms with Crippen molar-refractivity contribution in [1.29, 1.82) is 0 Å². The Bertz CT molecular complexity index is 610. The third-order valence-corrected chi connectivity index (χ3v) is 5.82. The zero-order chi connectivity index (χ0) is 16.1. The monoisotopic (exact) mass is 326 g/mol. The molecule has 0 saturated carbocycles. The molecule has 0 N–H and O–H groups in total. The van der Waals surface area contributed by atoms with Gasteiger partial charge in [-0.05, 0) is 30.8 Å². The van der Waals surface area contributed by atoms with Gasteiger partial charge in [0.2, 0.25) is 0 Å². The minimum Gasteiger partial charge on any atom is -0.361 e. The summed E-state index contributed by atoms with van der Waals surface area (Å²) >= 11 is 1.99. The second-order valence-corrected chi connectivity index (χ2v) is 6.99. The van der Waals surface area contributed by atoms with Gasteiger partial charge in [0, 0.05) is 23.7 Å². The van der Waals surface area contributed by atoms with Crippen molar-refractivity contribution in [3.63, 3.8) is 0 Å². The van der Waals surface area contributed by atoms with Crippen molar-refractivity contribution >= 4 is 17.4 Å². The average Bonchev–Trinajstić information content (AvgIpc) is 2.63. The maximum Gasteiger partial charge on any atom is 0.0637 e. The van der Waals surface area contributed by atoms with Crippen LogP contribution in [0.15, 0.2) is 59.5 Å². The van der Waals surface area contributed by atoms with Crippen molar-refractivity contribution in [2.75, 3.05) is 36.8 Å². The van der Waals surface area contributed by atoms with Gasteiger partial charge in [-0.3, -0.25) is 0 Å². The molecule has 3 heteroatoms. The molecule has 0 aromatic heterocycles. The fourth-order valence-corrected chi connectivity index (χ4v) is 4.48. The molecule has 1 atom stereocenters. The van der Waals surface area contributed by atoms with Crippen molar-refractivity contribution in [2.24, 2.45) is 0 Å². The molecule has 0 saturated heterocycles. The third-order valence-electron chi connectivity index (χ3n) is 4.68. The van der Waals surface area contributed by atoms with Gasteiger partial charge in [0.05, 0.1) is 11.7 Å². The summed E-state index contributed by atoms with van der Waals surface area (Å²) in [7, 11) is 0. The summed E-state index contributed by atoms with van der Waals surface area (Å²) < 4.78 is 0. The third kappa shape index (κ3) is 3.73.